The quantitative estimate of drug-likeness (QED) is 0.905. The lowest BCUT2D eigenvalue weighted by Crippen LogP contribution is -2.43. The Morgan fingerprint density at radius 3 is 2.74 bits per heavy atom. The number of aliphatic imine (C=N–C) groups is 1. The van der Waals surface area contributed by atoms with Gasteiger partial charge in [0, 0.05) is 11.9 Å². The van der Waals surface area contributed by atoms with Crippen LogP contribution in [0.5, 0.6) is 0 Å². The van der Waals surface area contributed by atoms with Gasteiger partial charge in [0.2, 0.25) is 0 Å². The summed E-state index contributed by atoms with van der Waals surface area (Å²) >= 11 is 0. The van der Waals surface area contributed by atoms with Gasteiger partial charge < -0.3 is 15.5 Å². The number of nitrogens with two attached hydrogens (primary N) is 1. The fraction of sp³-hybridized carbons (Fsp3) is 0.235. The molecule has 1 aromatic carbocycles. The maximum atomic E-state index is 6.37. The van der Waals surface area contributed by atoms with Crippen LogP contribution in [0, 0.1) is 0 Å². The van der Waals surface area contributed by atoms with Crippen LogP contribution in [0.4, 0.5) is 5.69 Å². The third-order valence-corrected chi connectivity index (χ3v) is 4.30. The summed E-state index contributed by atoms with van der Waals surface area (Å²) in [6.07, 6.45) is 5.87. The van der Waals surface area contributed by atoms with Crippen molar-refractivity contribution in [3.63, 3.8) is 0 Å². The molecule has 0 spiro atoms. The van der Waals surface area contributed by atoms with Gasteiger partial charge >= 0.3 is 0 Å². The highest BCUT2D eigenvalue weighted by molar-refractivity contribution is 5.83. The van der Waals surface area contributed by atoms with E-state index in [4.69, 9.17) is 10.6 Å². The number of allylic oxidation sites excluding steroid dienone is 1. The van der Waals surface area contributed by atoms with Crippen LogP contribution in [0.15, 0.2) is 70.5 Å². The van der Waals surface area contributed by atoms with E-state index in [0.29, 0.717) is 6.67 Å². The summed E-state index contributed by atoms with van der Waals surface area (Å²) in [6, 6.07) is 10.0. The largest absolute Gasteiger partial charge is 0.319 e. The first-order valence-corrected chi connectivity index (χ1v) is 7.55. The molecule has 23 heavy (non-hydrogen) atoms. The first-order chi connectivity index (χ1) is 11.2. The molecule has 0 aromatic heterocycles. The monoisotopic (exact) mass is 309 g/mol. The summed E-state index contributed by atoms with van der Waals surface area (Å²) in [5.41, 5.74) is 10.4. The van der Waals surface area contributed by atoms with Gasteiger partial charge in [-0.25, -0.2) is 5.06 Å². The van der Waals surface area contributed by atoms with E-state index in [9.17, 15) is 0 Å². The van der Waals surface area contributed by atoms with Gasteiger partial charge in [-0.3, -0.25) is 9.83 Å². The summed E-state index contributed by atoms with van der Waals surface area (Å²) in [5, 5.41) is 1.77. The maximum Gasteiger partial charge on any atom is 0.143 e. The topological polar surface area (TPSA) is 57.3 Å². The molecule has 4 rings (SSSR count). The third-order valence-electron chi connectivity index (χ3n) is 4.30. The molecule has 3 aliphatic heterocycles. The first kappa shape index (κ1) is 14.0. The minimum Gasteiger partial charge on any atom is -0.319 e. The number of hydrogen-bond donors (Lipinski definition) is 1. The summed E-state index contributed by atoms with van der Waals surface area (Å²) < 4.78 is 0. The van der Waals surface area contributed by atoms with Crippen molar-refractivity contribution < 1.29 is 4.84 Å². The number of hydroxylamine groups is 2. The molecule has 6 heteroatoms. The van der Waals surface area contributed by atoms with Gasteiger partial charge in [0.1, 0.15) is 18.2 Å². The van der Waals surface area contributed by atoms with Crippen LogP contribution in [-0.2, 0) is 4.84 Å². The molecule has 1 aromatic rings. The molecule has 3 heterocycles. The minimum atomic E-state index is -0.195. The van der Waals surface area contributed by atoms with Gasteiger partial charge in [-0.2, -0.15) is 0 Å². The predicted molar refractivity (Wildman–Crippen MR) is 89.8 cm³/mol. The van der Waals surface area contributed by atoms with Crippen molar-refractivity contribution in [2.24, 2.45) is 10.7 Å². The zero-order chi connectivity index (χ0) is 16.0. The van der Waals surface area contributed by atoms with E-state index >= 15 is 0 Å². The molecule has 3 aliphatic rings. The number of anilines is 1. The van der Waals surface area contributed by atoms with E-state index < -0.39 is 0 Å². The molecule has 118 valence electrons. The molecular formula is C17H19N5O. The van der Waals surface area contributed by atoms with Gasteiger partial charge in [-0.15, -0.1) is 0 Å². The van der Waals surface area contributed by atoms with E-state index in [1.165, 1.54) is 0 Å². The molecular weight excluding hydrogens is 290 g/mol. The number of benzene rings is 1. The van der Waals surface area contributed by atoms with Crippen LogP contribution in [0.2, 0.25) is 0 Å². The van der Waals surface area contributed by atoms with Crippen LogP contribution < -0.4 is 10.6 Å². The molecule has 0 saturated carbocycles. The maximum absolute atomic E-state index is 6.37. The Balaban J connectivity index is 1.82. The fourth-order valence-corrected chi connectivity index (χ4v) is 3.03. The lowest BCUT2D eigenvalue weighted by Gasteiger charge is -2.39. The molecule has 1 atom stereocenters. The normalized spacial score (nSPS) is 22.9. The Morgan fingerprint density at radius 1 is 1.22 bits per heavy atom. The van der Waals surface area contributed by atoms with Crippen LogP contribution in [0.25, 0.3) is 0 Å². The highest BCUT2D eigenvalue weighted by atomic mass is 16.7. The average Bonchev–Trinajstić information content (AvgIpc) is 3.02. The summed E-state index contributed by atoms with van der Waals surface area (Å²) in [5.74, 6) is 0.989. The van der Waals surface area contributed by atoms with Crippen LogP contribution >= 0.6 is 0 Å². The standard InChI is InChI=1S/C17H19N5O/c1-12-9-21(13-6-4-3-5-7-13)17-16(15(12)18)19-8-14-10-20(23-2)11-22(14)17/h3-10,15H,11,18H2,1-2H3. The van der Waals surface area contributed by atoms with Crippen LogP contribution in [0.1, 0.15) is 6.92 Å². The Hall–Kier alpha value is -2.57. The molecule has 2 N–H and O–H groups in total. The Labute approximate surface area is 135 Å². The third kappa shape index (κ3) is 2.15. The second-order valence-corrected chi connectivity index (χ2v) is 5.75. The van der Waals surface area contributed by atoms with E-state index in [1.807, 2.05) is 37.5 Å². The minimum absolute atomic E-state index is 0.195. The van der Waals surface area contributed by atoms with Crippen molar-refractivity contribution in [1.29, 1.82) is 0 Å². The van der Waals surface area contributed by atoms with Crippen molar-refractivity contribution in [3.8, 4) is 0 Å². The van der Waals surface area contributed by atoms with E-state index in [2.05, 4.69) is 33.1 Å². The van der Waals surface area contributed by atoms with Crippen LogP contribution in [-0.4, -0.2) is 36.0 Å². The molecule has 0 aliphatic carbocycles. The van der Waals surface area contributed by atoms with Crippen molar-refractivity contribution in [2.75, 3.05) is 18.7 Å². The number of fused-ring (bicyclic) bond motifs is 2. The molecule has 0 amide bonds. The van der Waals surface area contributed by atoms with Gasteiger partial charge in [-0.05, 0) is 24.6 Å². The number of para-hydroxylation sites is 1. The van der Waals surface area contributed by atoms with Crippen LogP contribution in [0.3, 0.4) is 0 Å². The highest BCUT2D eigenvalue weighted by Crippen LogP contribution is 2.37. The van der Waals surface area contributed by atoms with E-state index in [-0.39, 0.29) is 6.04 Å². The van der Waals surface area contributed by atoms with E-state index in [1.54, 1.807) is 12.2 Å². The van der Waals surface area contributed by atoms with Gasteiger partial charge in [0.05, 0.1) is 31.3 Å². The van der Waals surface area contributed by atoms with Crippen molar-refractivity contribution >= 4 is 11.9 Å². The van der Waals surface area contributed by atoms with E-state index in [0.717, 1.165) is 28.5 Å². The van der Waals surface area contributed by atoms with Gasteiger partial charge in [0.25, 0.3) is 0 Å². The average molecular weight is 309 g/mol. The number of nitrogens with zero attached hydrogens (tertiary/aromatic N) is 4. The molecule has 6 nitrogen and oxygen atoms in total. The van der Waals surface area contributed by atoms with Gasteiger partial charge in [-0.1, -0.05) is 18.2 Å². The fourth-order valence-electron chi connectivity index (χ4n) is 3.03. The zero-order valence-corrected chi connectivity index (χ0v) is 13.2. The van der Waals surface area contributed by atoms with Crippen molar-refractivity contribution in [2.45, 2.75) is 13.0 Å². The summed E-state index contributed by atoms with van der Waals surface area (Å²) in [4.78, 5) is 14.3. The smallest absolute Gasteiger partial charge is 0.143 e. The number of hydrogen-bond acceptors (Lipinski definition) is 6. The lowest BCUT2D eigenvalue weighted by atomic mass is 10.0. The predicted octanol–water partition coefficient (Wildman–Crippen LogP) is 1.97. The molecule has 0 fully saturated rings. The van der Waals surface area contributed by atoms with Crippen molar-refractivity contribution in [3.05, 3.63) is 65.5 Å². The summed E-state index contributed by atoms with van der Waals surface area (Å²) in [7, 11) is 1.66. The lowest BCUT2D eigenvalue weighted by molar-refractivity contribution is -0.0951. The Kier molecular flexibility index (Phi) is 3.21. The van der Waals surface area contributed by atoms with Gasteiger partial charge in [0.15, 0.2) is 0 Å². The Morgan fingerprint density at radius 2 is 2.00 bits per heavy atom. The molecule has 0 saturated heterocycles. The zero-order valence-electron chi connectivity index (χ0n) is 13.2. The van der Waals surface area contributed by atoms with Crippen molar-refractivity contribution in [1.82, 2.24) is 9.96 Å². The molecule has 0 bridgehead atoms. The Bertz CT molecular complexity index is 750. The number of rotatable bonds is 2. The molecule has 1 unspecified atom stereocenters. The summed E-state index contributed by atoms with van der Waals surface area (Å²) in [6.45, 7) is 2.65. The second kappa shape index (κ2) is 5.26. The molecule has 0 radical (unpaired) electrons. The second-order valence-electron chi connectivity index (χ2n) is 5.75. The SMILES string of the molecule is CON1C=C2C=NC3=C(N2C1)N(c1ccccc1)C=C(C)C3N. The first-order valence-electron chi connectivity index (χ1n) is 7.55. The highest BCUT2D eigenvalue weighted by Gasteiger charge is 2.36.